The number of nitrogens with one attached hydrogen (secondary N) is 3. The fourth-order valence-corrected chi connectivity index (χ4v) is 4.24. The van der Waals surface area contributed by atoms with Crippen molar-refractivity contribution in [1.82, 2.24) is 20.3 Å². The lowest BCUT2D eigenvalue weighted by Gasteiger charge is -2.26. The average molecular weight is 529 g/mol. The third-order valence-electron chi connectivity index (χ3n) is 5.11. The molecular formula is C18H36IN5O3S. The number of hydrogen-bond donors (Lipinski definition) is 3. The second kappa shape index (κ2) is 12.8. The Balaban J connectivity index is 0.00000392. The van der Waals surface area contributed by atoms with Gasteiger partial charge in [0.25, 0.3) is 0 Å². The van der Waals surface area contributed by atoms with E-state index in [-0.39, 0.29) is 35.9 Å². The summed E-state index contributed by atoms with van der Waals surface area (Å²) >= 11 is 0. The van der Waals surface area contributed by atoms with Gasteiger partial charge in [-0.2, -0.15) is 0 Å². The molecule has 2 aliphatic rings. The number of hydrogen-bond acceptors (Lipinski definition) is 4. The first-order valence-electron chi connectivity index (χ1n) is 10.2. The monoisotopic (exact) mass is 529 g/mol. The van der Waals surface area contributed by atoms with Gasteiger partial charge in [-0.05, 0) is 32.6 Å². The highest BCUT2D eigenvalue weighted by Crippen LogP contribution is 2.26. The number of nitrogens with zero attached hydrogens (tertiary/aromatic N) is 2. The molecule has 10 heteroatoms. The van der Waals surface area contributed by atoms with Crippen LogP contribution in [-0.2, 0) is 14.8 Å². The summed E-state index contributed by atoms with van der Waals surface area (Å²) in [5.41, 5.74) is 0. The standard InChI is InChI=1S/C18H35N5O3S.HI/c1-3-19-18(20-11-7-12-21-27(2,25)26)22-16-10-13-23(14-16)17(24)15-8-5-4-6-9-15;/h15-16,21H,3-14H2,1-2H3,(H2,19,20,22);1H. The second-order valence-corrected chi connectivity index (χ2v) is 9.36. The Hall–Kier alpha value is -0.620. The Morgan fingerprint density at radius 3 is 2.54 bits per heavy atom. The molecule has 0 aromatic rings. The van der Waals surface area contributed by atoms with Crippen LogP contribution in [0.5, 0.6) is 0 Å². The number of carbonyl (C=O) groups excluding carboxylic acids is 1. The van der Waals surface area contributed by atoms with Gasteiger partial charge in [0.2, 0.25) is 15.9 Å². The Morgan fingerprint density at radius 2 is 1.89 bits per heavy atom. The fourth-order valence-electron chi connectivity index (χ4n) is 3.73. The highest BCUT2D eigenvalue weighted by molar-refractivity contribution is 14.0. The predicted octanol–water partition coefficient (Wildman–Crippen LogP) is 1.28. The van der Waals surface area contributed by atoms with E-state index in [0.717, 1.165) is 51.1 Å². The Bertz CT molecular complexity index is 608. The van der Waals surface area contributed by atoms with Gasteiger partial charge in [-0.1, -0.05) is 19.3 Å². The lowest BCUT2D eigenvalue weighted by atomic mass is 9.88. The van der Waals surface area contributed by atoms with Gasteiger partial charge in [0.05, 0.1) is 6.26 Å². The van der Waals surface area contributed by atoms with Crippen molar-refractivity contribution in [3.63, 3.8) is 0 Å². The number of likely N-dealkylation sites (tertiary alicyclic amines) is 1. The zero-order valence-electron chi connectivity index (χ0n) is 17.1. The molecule has 1 saturated heterocycles. The maximum atomic E-state index is 12.7. The van der Waals surface area contributed by atoms with E-state index in [1.807, 2.05) is 11.8 Å². The van der Waals surface area contributed by atoms with E-state index in [2.05, 4.69) is 20.3 Å². The molecule has 3 N–H and O–H groups in total. The number of aliphatic imine (C=N–C) groups is 1. The van der Waals surface area contributed by atoms with E-state index in [4.69, 9.17) is 0 Å². The summed E-state index contributed by atoms with van der Waals surface area (Å²) in [6.07, 6.45) is 8.42. The maximum absolute atomic E-state index is 12.7. The molecule has 1 aliphatic heterocycles. The number of rotatable bonds is 8. The summed E-state index contributed by atoms with van der Waals surface area (Å²) in [6.45, 7) is 5.23. The van der Waals surface area contributed by atoms with E-state index >= 15 is 0 Å². The molecule has 0 aromatic carbocycles. The first kappa shape index (κ1) is 25.4. The molecule has 0 bridgehead atoms. The maximum Gasteiger partial charge on any atom is 0.225 e. The smallest absolute Gasteiger partial charge is 0.225 e. The molecule has 1 aliphatic carbocycles. The van der Waals surface area contributed by atoms with Crippen LogP contribution in [0.2, 0.25) is 0 Å². The van der Waals surface area contributed by atoms with E-state index in [1.54, 1.807) is 0 Å². The largest absolute Gasteiger partial charge is 0.357 e. The van der Waals surface area contributed by atoms with Gasteiger partial charge in [-0.15, -0.1) is 24.0 Å². The molecule has 1 atom stereocenters. The number of carbonyl (C=O) groups is 1. The van der Waals surface area contributed by atoms with Crippen LogP contribution in [0, 0.1) is 5.92 Å². The molecule has 164 valence electrons. The van der Waals surface area contributed by atoms with Crippen molar-refractivity contribution in [3.8, 4) is 0 Å². The molecule has 1 amide bonds. The summed E-state index contributed by atoms with van der Waals surface area (Å²) in [7, 11) is -3.14. The zero-order valence-corrected chi connectivity index (χ0v) is 20.2. The third kappa shape index (κ3) is 9.25. The molecule has 1 unspecified atom stereocenters. The lowest BCUT2D eigenvalue weighted by Crippen LogP contribution is -2.45. The van der Waals surface area contributed by atoms with E-state index in [9.17, 15) is 13.2 Å². The second-order valence-electron chi connectivity index (χ2n) is 7.53. The van der Waals surface area contributed by atoms with E-state index in [1.165, 1.54) is 19.3 Å². The van der Waals surface area contributed by atoms with E-state index in [0.29, 0.717) is 25.4 Å². The van der Waals surface area contributed by atoms with Crippen LogP contribution in [0.3, 0.4) is 0 Å². The van der Waals surface area contributed by atoms with Crippen LogP contribution in [0.25, 0.3) is 0 Å². The molecule has 0 radical (unpaired) electrons. The highest BCUT2D eigenvalue weighted by Gasteiger charge is 2.31. The van der Waals surface area contributed by atoms with Gasteiger partial charge < -0.3 is 15.5 Å². The van der Waals surface area contributed by atoms with Crippen molar-refractivity contribution in [2.75, 3.05) is 39.0 Å². The van der Waals surface area contributed by atoms with Crippen molar-refractivity contribution < 1.29 is 13.2 Å². The SMILES string of the molecule is CCNC(=NCCCNS(C)(=O)=O)NC1CCN(C(=O)C2CCCCC2)C1.I. The van der Waals surface area contributed by atoms with E-state index < -0.39 is 10.0 Å². The summed E-state index contributed by atoms with van der Waals surface area (Å²) in [5.74, 6) is 1.28. The molecule has 0 spiro atoms. The van der Waals surface area contributed by atoms with Gasteiger partial charge in [0.1, 0.15) is 0 Å². The summed E-state index contributed by atoms with van der Waals surface area (Å²) in [6, 6.07) is 0.212. The Morgan fingerprint density at radius 1 is 1.18 bits per heavy atom. The number of sulfonamides is 1. The first-order chi connectivity index (χ1) is 12.9. The molecule has 0 aromatic heterocycles. The van der Waals surface area contributed by atoms with Crippen LogP contribution in [0.15, 0.2) is 4.99 Å². The summed E-state index contributed by atoms with van der Waals surface area (Å²) in [5, 5.41) is 6.64. The minimum Gasteiger partial charge on any atom is -0.357 e. The number of guanidine groups is 1. The normalized spacial score (nSPS) is 21.3. The number of amides is 1. The molecular weight excluding hydrogens is 493 g/mol. The first-order valence-corrected chi connectivity index (χ1v) is 12.1. The quantitative estimate of drug-likeness (QED) is 0.190. The molecule has 2 rings (SSSR count). The fraction of sp³-hybridized carbons (Fsp3) is 0.889. The highest BCUT2D eigenvalue weighted by atomic mass is 127. The Kier molecular flexibility index (Phi) is 11.7. The Labute approximate surface area is 186 Å². The number of halogens is 1. The van der Waals surface area contributed by atoms with Gasteiger partial charge in [-0.3, -0.25) is 9.79 Å². The van der Waals surface area contributed by atoms with Crippen LogP contribution in [-0.4, -0.2) is 70.2 Å². The molecule has 2 fully saturated rings. The van der Waals surface area contributed by atoms with Gasteiger partial charge in [0, 0.05) is 44.7 Å². The van der Waals surface area contributed by atoms with Crippen LogP contribution < -0.4 is 15.4 Å². The van der Waals surface area contributed by atoms with Gasteiger partial charge in [0.15, 0.2) is 5.96 Å². The minimum absolute atomic E-state index is 0. The lowest BCUT2D eigenvalue weighted by molar-refractivity contribution is -0.135. The average Bonchev–Trinajstić information content (AvgIpc) is 3.09. The van der Waals surface area contributed by atoms with Gasteiger partial charge >= 0.3 is 0 Å². The molecule has 8 nitrogen and oxygen atoms in total. The van der Waals surface area contributed by atoms with Crippen molar-refractivity contribution in [2.24, 2.45) is 10.9 Å². The van der Waals surface area contributed by atoms with Gasteiger partial charge in [-0.25, -0.2) is 13.1 Å². The van der Waals surface area contributed by atoms with Crippen LogP contribution in [0.4, 0.5) is 0 Å². The summed E-state index contributed by atoms with van der Waals surface area (Å²) in [4.78, 5) is 19.2. The van der Waals surface area contributed by atoms with Crippen molar-refractivity contribution >= 4 is 45.9 Å². The van der Waals surface area contributed by atoms with Crippen molar-refractivity contribution in [3.05, 3.63) is 0 Å². The third-order valence-corrected chi connectivity index (χ3v) is 5.84. The zero-order chi connectivity index (χ0) is 19.7. The minimum atomic E-state index is -3.14. The predicted molar refractivity (Wildman–Crippen MR) is 124 cm³/mol. The van der Waals surface area contributed by atoms with Crippen LogP contribution >= 0.6 is 24.0 Å². The molecule has 1 saturated carbocycles. The summed E-state index contributed by atoms with van der Waals surface area (Å²) < 4.78 is 24.6. The van der Waals surface area contributed by atoms with Crippen molar-refractivity contribution in [2.45, 2.75) is 57.9 Å². The topological polar surface area (TPSA) is 103 Å². The molecule has 1 heterocycles. The molecule has 28 heavy (non-hydrogen) atoms. The van der Waals surface area contributed by atoms with Crippen LogP contribution in [0.1, 0.15) is 51.9 Å². The van der Waals surface area contributed by atoms with Crippen molar-refractivity contribution in [1.29, 1.82) is 0 Å².